The van der Waals surface area contributed by atoms with Crippen LogP contribution in [0.1, 0.15) is 60.3 Å². The summed E-state index contributed by atoms with van der Waals surface area (Å²) in [7, 11) is 1.67. The zero-order valence-corrected chi connectivity index (χ0v) is 21.8. The summed E-state index contributed by atoms with van der Waals surface area (Å²) in [6, 6.07) is 0.778. The third kappa shape index (κ3) is 6.93. The molecule has 9 nitrogen and oxygen atoms in total. The second-order valence-electron chi connectivity index (χ2n) is 10.4. The molecule has 1 aliphatic carbocycles. The van der Waals surface area contributed by atoms with Crippen LogP contribution >= 0.6 is 0 Å². The quantitative estimate of drug-likeness (QED) is 0.364. The van der Waals surface area contributed by atoms with Crippen LogP contribution in [0.25, 0.3) is 0 Å². The van der Waals surface area contributed by atoms with Gasteiger partial charge in [-0.05, 0) is 52.5 Å². The maximum atomic E-state index is 13.5. The number of allylic oxidation sites excluding steroid dienone is 1. The van der Waals surface area contributed by atoms with Crippen LogP contribution in [0.3, 0.4) is 0 Å². The first-order chi connectivity index (χ1) is 16.2. The maximum Gasteiger partial charge on any atom is 0.253 e. The maximum absolute atomic E-state index is 13.5. The van der Waals surface area contributed by atoms with Crippen molar-refractivity contribution in [3.63, 3.8) is 0 Å². The largest absolute Gasteiger partial charge is 0.383 e. The average Bonchev–Trinajstić information content (AvgIpc) is 3.54. The van der Waals surface area contributed by atoms with Crippen LogP contribution < -0.4 is 16.1 Å². The number of hydrogen-bond donors (Lipinski definition) is 3. The van der Waals surface area contributed by atoms with E-state index in [2.05, 4.69) is 52.8 Å². The standard InChI is InChI=1S/C25H45N5O4/c1-16(2)24(31)26-11-7-8-21-12-22(28-30(21)17(3)4)18(5)29(20-9-10-20)25(32)23-13-27-19(14-33-6)15-34-23/h12,16-20,22-23,27-28H,7-11,13-15H2,1-6H3,(H,26,31)/t18-,19+,22?,23-/m1/s1. The van der Waals surface area contributed by atoms with Gasteiger partial charge in [-0.25, -0.2) is 5.43 Å². The molecule has 0 spiro atoms. The summed E-state index contributed by atoms with van der Waals surface area (Å²) < 4.78 is 11.1. The van der Waals surface area contributed by atoms with E-state index in [9.17, 15) is 9.59 Å². The number of morpholine rings is 1. The Labute approximate surface area is 204 Å². The normalized spacial score (nSPS) is 26.1. The lowest BCUT2D eigenvalue weighted by atomic mass is 10.1. The summed E-state index contributed by atoms with van der Waals surface area (Å²) in [5, 5.41) is 8.60. The van der Waals surface area contributed by atoms with Gasteiger partial charge < -0.3 is 30.0 Å². The minimum Gasteiger partial charge on any atom is -0.383 e. The molecule has 2 fully saturated rings. The fourth-order valence-electron chi connectivity index (χ4n) is 4.68. The third-order valence-corrected chi connectivity index (χ3v) is 6.81. The fraction of sp³-hybridized carbons (Fsp3) is 0.840. The predicted molar refractivity (Wildman–Crippen MR) is 132 cm³/mol. The molecule has 4 atom stereocenters. The van der Waals surface area contributed by atoms with Gasteiger partial charge in [0, 0.05) is 49.9 Å². The van der Waals surface area contributed by atoms with Crippen molar-refractivity contribution in [3.05, 3.63) is 11.8 Å². The van der Waals surface area contributed by atoms with Gasteiger partial charge in [0.1, 0.15) is 6.10 Å². The summed E-state index contributed by atoms with van der Waals surface area (Å²) in [6.07, 6.45) is 5.68. The predicted octanol–water partition coefficient (Wildman–Crippen LogP) is 1.40. The lowest BCUT2D eigenvalue weighted by Crippen LogP contribution is -2.59. The topological polar surface area (TPSA) is 95.2 Å². The summed E-state index contributed by atoms with van der Waals surface area (Å²) >= 11 is 0. The van der Waals surface area contributed by atoms with Crippen LogP contribution in [-0.2, 0) is 19.1 Å². The van der Waals surface area contributed by atoms with Crippen molar-refractivity contribution >= 4 is 11.8 Å². The number of hydrogen-bond acceptors (Lipinski definition) is 7. The molecule has 1 saturated heterocycles. The van der Waals surface area contributed by atoms with Crippen molar-refractivity contribution in [1.29, 1.82) is 0 Å². The minimum atomic E-state index is -0.452. The van der Waals surface area contributed by atoms with Crippen LogP contribution in [-0.4, -0.2) is 91.4 Å². The molecule has 0 aromatic heterocycles. The second-order valence-corrected chi connectivity index (χ2v) is 10.4. The Balaban J connectivity index is 1.60. The monoisotopic (exact) mass is 479 g/mol. The molecule has 3 rings (SSSR count). The van der Waals surface area contributed by atoms with Crippen molar-refractivity contribution in [3.8, 4) is 0 Å². The number of hydrazine groups is 1. The molecule has 2 aliphatic heterocycles. The van der Waals surface area contributed by atoms with Gasteiger partial charge in [-0.2, -0.15) is 0 Å². The Hall–Kier alpha value is -1.68. The summed E-state index contributed by atoms with van der Waals surface area (Å²) in [6.45, 7) is 12.5. The van der Waals surface area contributed by atoms with E-state index in [1.54, 1.807) is 7.11 Å². The van der Waals surface area contributed by atoms with E-state index in [1.165, 1.54) is 5.70 Å². The number of nitrogens with zero attached hydrogens (tertiary/aromatic N) is 2. The Morgan fingerprint density at radius 2 is 2.00 bits per heavy atom. The fourth-order valence-corrected chi connectivity index (χ4v) is 4.68. The molecule has 3 aliphatic rings. The first-order valence-electron chi connectivity index (χ1n) is 12.9. The highest BCUT2D eigenvalue weighted by Crippen LogP contribution is 2.32. The molecule has 0 aromatic carbocycles. The lowest BCUT2D eigenvalue weighted by Gasteiger charge is -2.38. The molecule has 194 valence electrons. The van der Waals surface area contributed by atoms with Crippen LogP contribution in [0.4, 0.5) is 0 Å². The average molecular weight is 480 g/mol. The Bertz CT molecular complexity index is 716. The van der Waals surface area contributed by atoms with Crippen LogP contribution in [0.2, 0.25) is 0 Å². The number of nitrogens with one attached hydrogen (secondary N) is 3. The number of carbonyl (C=O) groups is 2. The number of amides is 2. The molecule has 0 bridgehead atoms. The van der Waals surface area contributed by atoms with Crippen molar-refractivity contribution in [2.45, 2.75) is 96.6 Å². The molecule has 1 saturated carbocycles. The van der Waals surface area contributed by atoms with Gasteiger partial charge >= 0.3 is 0 Å². The summed E-state index contributed by atoms with van der Waals surface area (Å²) in [4.78, 5) is 27.4. The smallest absolute Gasteiger partial charge is 0.253 e. The van der Waals surface area contributed by atoms with Crippen LogP contribution in [0, 0.1) is 5.92 Å². The van der Waals surface area contributed by atoms with Crippen molar-refractivity contribution < 1.29 is 19.1 Å². The second kappa shape index (κ2) is 12.3. The SMILES string of the molecule is COC[C@H]1CO[C@@H](C(=O)N(C2CC2)[C@H](C)C2C=C(CCCNC(=O)C(C)C)N(C(C)C)N2)CN1. The van der Waals surface area contributed by atoms with Gasteiger partial charge in [-0.15, -0.1) is 0 Å². The van der Waals surface area contributed by atoms with E-state index in [0.717, 1.165) is 25.7 Å². The minimum absolute atomic E-state index is 0.00454. The van der Waals surface area contributed by atoms with Gasteiger partial charge in [0.2, 0.25) is 5.91 Å². The first kappa shape index (κ1) is 26.9. The van der Waals surface area contributed by atoms with Crippen molar-refractivity contribution in [2.75, 3.05) is 33.4 Å². The van der Waals surface area contributed by atoms with Gasteiger partial charge in [0.05, 0.1) is 25.3 Å². The highest BCUT2D eigenvalue weighted by molar-refractivity contribution is 5.82. The zero-order valence-electron chi connectivity index (χ0n) is 21.8. The molecule has 3 N–H and O–H groups in total. The first-order valence-corrected chi connectivity index (χ1v) is 12.9. The molecule has 34 heavy (non-hydrogen) atoms. The van der Waals surface area contributed by atoms with E-state index in [-0.39, 0.29) is 35.9 Å². The van der Waals surface area contributed by atoms with Gasteiger partial charge in [-0.3, -0.25) is 9.59 Å². The van der Waals surface area contributed by atoms with Crippen LogP contribution in [0.15, 0.2) is 11.8 Å². The molecule has 2 heterocycles. The molecule has 0 aromatic rings. The Morgan fingerprint density at radius 1 is 1.26 bits per heavy atom. The van der Waals surface area contributed by atoms with Crippen molar-refractivity contribution in [1.82, 2.24) is 26.0 Å². The molecule has 2 amide bonds. The van der Waals surface area contributed by atoms with Gasteiger partial charge in [-0.1, -0.05) is 13.8 Å². The van der Waals surface area contributed by atoms with E-state index >= 15 is 0 Å². The highest BCUT2D eigenvalue weighted by Gasteiger charge is 2.43. The lowest BCUT2D eigenvalue weighted by molar-refractivity contribution is -0.150. The zero-order chi connectivity index (χ0) is 24.8. The van der Waals surface area contributed by atoms with Gasteiger partial charge in [0.25, 0.3) is 5.91 Å². The van der Waals surface area contributed by atoms with Crippen LogP contribution in [0.5, 0.6) is 0 Å². The van der Waals surface area contributed by atoms with Crippen molar-refractivity contribution in [2.24, 2.45) is 5.92 Å². The third-order valence-electron chi connectivity index (χ3n) is 6.81. The molecule has 0 radical (unpaired) electrons. The number of carbonyl (C=O) groups excluding carboxylic acids is 2. The Kier molecular flexibility index (Phi) is 9.76. The molecular weight excluding hydrogens is 434 g/mol. The molecular formula is C25H45N5O4. The van der Waals surface area contributed by atoms with E-state index in [1.807, 2.05) is 13.8 Å². The van der Waals surface area contributed by atoms with Gasteiger partial charge in [0.15, 0.2) is 0 Å². The summed E-state index contributed by atoms with van der Waals surface area (Å²) in [5.41, 5.74) is 4.87. The van der Waals surface area contributed by atoms with E-state index < -0.39 is 6.10 Å². The number of rotatable bonds is 12. The Morgan fingerprint density at radius 3 is 2.56 bits per heavy atom. The molecule has 1 unspecified atom stereocenters. The molecule has 9 heteroatoms. The summed E-state index contributed by atoms with van der Waals surface area (Å²) in [5.74, 6) is 0.178. The highest BCUT2D eigenvalue weighted by atomic mass is 16.5. The van der Waals surface area contributed by atoms with E-state index in [4.69, 9.17) is 9.47 Å². The number of ether oxygens (including phenoxy) is 2. The van der Waals surface area contributed by atoms with E-state index in [0.29, 0.717) is 38.4 Å². The number of methoxy groups -OCH3 is 1.